The first-order chi connectivity index (χ1) is 7.58. The van der Waals surface area contributed by atoms with E-state index >= 15 is 0 Å². The van der Waals surface area contributed by atoms with E-state index in [4.69, 9.17) is 4.98 Å². The molecule has 0 aliphatic heterocycles. The maximum absolute atomic E-state index is 4.70. The molecule has 0 aromatic carbocycles. The van der Waals surface area contributed by atoms with E-state index in [1.165, 1.54) is 5.56 Å². The summed E-state index contributed by atoms with van der Waals surface area (Å²) in [5, 5.41) is 3.43. The van der Waals surface area contributed by atoms with Crippen LogP contribution >= 0.6 is 0 Å². The van der Waals surface area contributed by atoms with Gasteiger partial charge in [-0.2, -0.15) is 0 Å². The standard InChI is InChI=1S/C15H26N2/c1-11-8-12(15(5,6)7)17-13(9-11)16-10-14(2,3)4/h8-9H,10H2,1-7H3,(H,16,17). The summed E-state index contributed by atoms with van der Waals surface area (Å²) in [7, 11) is 0. The molecule has 0 spiro atoms. The quantitative estimate of drug-likeness (QED) is 0.831. The van der Waals surface area contributed by atoms with Crippen LogP contribution in [0.2, 0.25) is 0 Å². The molecule has 0 fully saturated rings. The number of pyridine rings is 1. The summed E-state index contributed by atoms with van der Waals surface area (Å²) < 4.78 is 0. The molecule has 1 rings (SSSR count). The van der Waals surface area contributed by atoms with Crippen LogP contribution < -0.4 is 5.32 Å². The highest BCUT2D eigenvalue weighted by molar-refractivity contribution is 5.40. The molecule has 17 heavy (non-hydrogen) atoms. The highest BCUT2D eigenvalue weighted by Crippen LogP contribution is 2.23. The first kappa shape index (κ1) is 14.0. The van der Waals surface area contributed by atoms with Gasteiger partial charge < -0.3 is 5.32 Å². The molecule has 0 saturated heterocycles. The predicted octanol–water partition coefficient (Wildman–Crippen LogP) is 4.15. The molecule has 96 valence electrons. The zero-order valence-electron chi connectivity index (χ0n) is 12.3. The first-order valence-electron chi connectivity index (χ1n) is 6.31. The molecule has 1 heterocycles. The fourth-order valence-corrected chi connectivity index (χ4v) is 1.50. The number of aryl methyl sites for hydroxylation is 1. The average Bonchev–Trinajstić information content (AvgIpc) is 2.11. The molecule has 1 aromatic heterocycles. The maximum atomic E-state index is 4.70. The number of nitrogens with zero attached hydrogens (tertiary/aromatic N) is 1. The molecule has 1 N–H and O–H groups in total. The zero-order valence-corrected chi connectivity index (χ0v) is 12.3. The number of rotatable bonds is 2. The highest BCUT2D eigenvalue weighted by atomic mass is 15.0. The Morgan fingerprint density at radius 3 is 2.12 bits per heavy atom. The van der Waals surface area contributed by atoms with Gasteiger partial charge >= 0.3 is 0 Å². The van der Waals surface area contributed by atoms with Crippen molar-refractivity contribution in [2.45, 2.75) is 53.9 Å². The van der Waals surface area contributed by atoms with Gasteiger partial charge in [0.2, 0.25) is 0 Å². The van der Waals surface area contributed by atoms with E-state index < -0.39 is 0 Å². The van der Waals surface area contributed by atoms with E-state index in [-0.39, 0.29) is 10.8 Å². The molecule has 0 aliphatic rings. The van der Waals surface area contributed by atoms with Crippen molar-refractivity contribution in [3.63, 3.8) is 0 Å². The number of aromatic nitrogens is 1. The van der Waals surface area contributed by atoms with E-state index in [9.17, 15) is 0 Å². The van der Waals surface area contributed by atoms with Gasteiger partial charge in [0.05, 0.1) is 0 Å². The second-order valence-electron chi connectivity index (χ2n) is 7.08. The summed E-state index contributed by atoms with van der Waals surface area (Å²) in [4.78, 5) is 4.70. The van der Waals surface area contributed by atoms with Crippen LogP contribution in [0.25, 0.3) is 0 Å². The lowest BCUT2D eigenvalue weighted by Gasteiger charge is -2.22. The Balaban J connectivity index is 2.91. The minimum absolute atomic E-state index is 0.101. The van der Waals surface area contributed by atoms with Crippen LogP contribution in [0.3, 0.4) is 0 Å². The second-order valence-corrected chi connectivity index (χ2v) is 7.08. The summed E-state index contributed by atoms with van der Waals surface area (Å²) in [5.41, 5.74) is 2.78. The molecule has 1 aromatic rings. The number of anilines is 1. The Bertz CT molecular complexity index is 381. The summed E-state index contributed by atoms with van der Waals surface area (Å²) in [6, 6.07) is 4.28. The Kier molecular flexibility index (Phi) is 3.85. The molecule has 2 nitrogen and oxygen atoms in total. The fraction of sp³-hybridized carbons (Fsp3) is 0.667. The van der Waals surface area contributed by atoms with E-state index in [0.717, 1.165) is 18.1 Å². The molecule has 2 heteroatoms. The number of nitrogens with one attached hydrogen (secondary N) is 1. The largest absolute Gasteiger partial charge is 0.370 e. The topological polar surface area (TPSA) is 24.9 Å². The van der Waals surface area contributed by atoms with Crippen LogP contribution in [0, 0.1) is 12.3 Å². The van der Waals surface area contributed by atoms with Crippen LogP contribution in [0.4, 0.5) is 5.82 Å². The van der Waals surface area contributed by atoms with Crippen molar-refractivity contribution in [3.8, 4) is 0 Å². The second kappa shape index (κ2) is 4.67. The van der Waals surface area contributed by atoms with Gasteiger partial charge in [0.25, 0.3) is 0 Å². The molecule has 0 aliphatic carbocycles. The summed E-state index contributed by atoms with van der Waals surface area (Å²) >= 11 is 0. The molecule has 0 radical (unpaired) electrons. The smallest absolute Gasteiger partial charge is 0.126 e. The Hall–Kier alpha value is -1.05. The lowest BCUT2D eigenvalue weighted by molar-refractivity contribution is 0.442. The molecule has 0 amide bonds. The zero-order chi connectivity index (χ0) is 13.3. The van der Waals surface area contributed by atoms with Crippen LogP contribution in [-0.2, 0) is 5.41 Å². The average molecular weight is 234 g/mol. The molecule has 0 unspecified atom stereocenters. The van der Waals surface area contributed by atoms with Crippen molar-refractivity contribution in [1.29, 1.82) is 0 Å². The molecular weight excluding hydrogens is 208 g/mol. The Morgan fingerprint density at radius 1 is 1.06 bits per heavy atom. The van der Waals surface area contributed by atoms with Gasteiger partial charge in [-0.25, -0.2) is 4.98 Å². The number of hydrogen-bond acceptors (Lipinski definition) is 2. The number of hydrogen-bond donors (Lipinski definition) is 1. The van der Waals surface area contributed by atoms with Gasteiger partial charge in [-0.1, -0.05) is 41.5 Å². The molecule has 0 atom stereocenters. The van der Waals surface area contributed by atoms with Gasteiger partial charge in [0, 0.05) is 17.7 Å². The van der Waals surface area contributed by atoms with E-state index in [2.05, 4.69) is 65.9 Å². The summed E-state index contributed by atoms with van der Waals surface area (Å²) in [6.45, 7) is 16.3. The van der Waals surface area contributed by atoms with Crippen molar-refractivity contribution in [3.05, 3.63) is 23.4 Å². The SMILES string of the molecule is Cc1cc(NCC(C)(C)C)nc(C(C)(C)C)c1. The highest BCUT2D eigenvalue weighted by Gasteiger charge is 2.17. The summed E-state index contributed by atoms with van der Waals surface area (Å²) in [6.07, 6.45) is 0. The fourth-order valence-electron chi connectivity index (χ4n) is 1.50. The third kappa shape index (κ3) is 4.76. The van der Waals surface area contributed by atoms with Gasteiger partial charge in [-0.05, 0) is 30.0 Å². The third-order valence-electron chi connectivity index (χ3n) is 2.54. The van der Waals surface area contributed by atoms with Crippen LogP contribution in [0.15, 0.2) is 12.1 Å². The van der Waals surface area contributed by atoms with Gasteiger partial charge in [0.15, 0.2) is 0 Å². The molecule has 0 saturated carbocycles. The predicted molar refractivity (Wildman–Crippen MR) is 75.6 cm³/mol. The van der Waals surface area contributed by atoms with Crippen molar-refractivity contribution >= 4 is 5.82 Å². The maximum Gasteiger partial charge on any atom is 0.126 e. The van der Waals surface area contributed by atoms with E-state index in [1.807, 2.05) is 0 Å². The van der Waals surface area contributed by atoms with Crippen LogP contribution in [-0.4, -0.2) is 11.5 Å². The Labute approximate surface area is 106 Å². The van der Waals surface area contributed by atoms with E-state index in [0.29, 0.717) is 0 Å². The van der Waals surface area contributed by atoms with Crippen LogP contribution in [0.5, 0.6) is 0 Å². The van der Waals surface area contributed by atoms with Crippen molar-refractivity contribution < 1.29 is 0 Å². The normalized spacial score (nSPS) is 12.6. The summed E-state index contributed by atoms with van der Waals surface area (Å²) in [5.74, 6) is 0.991. The van der Waals surface area contributed by atoms with Crippen LogP contribution in [0.1, 0.15) is 52.8 Å². The first-order valence-corrected chi connectivity index (χ1v) is 6.31. The lowest BCUT2D eigenvalue weighted by Crippen LogP contribution is -2.21. The van der Waals surface area contributed by atoms with Gasteiger partial charge in [-0.3, -0.25) is 0 Å². The minimum atomic E-state index is 0.101. The van der Waals surface area contributed by atoms with Crippen molar-refractivity contribution in [2.24, 2.45) is 5.41 Å². The molecular formula is C15H26N2. The van der Waals surface area contributed by atoms with Gasteiger partial charge in [0.1, 0.15) is 5.82 Å². The monoisotopic (exact) mass is 234 g/mol. The van der Waals surface area contributed by atoms with Crippen molar-refractivity contribution in [1.82, 2.24) is 4.98 Å². The Morgan fingerprint density at radius 2 is 1.65 bits per heavy atom. The third-order valence-corrected chi connectivity index (χ3v) is 2.54. The van der Waals surface area contributed by atoms with Crippen molar-refractivity contribution in [2.75, 3.05) is 11.9 Å². The van der Waals surface area contributed by atoms with E-state index in [1.54, 1.807) is 0 Å². The molecule has 0 bridgehead atoms. The minimum Gasteiger partial charge on any atom is -0.370 e. The lowest BCUT2D eigenvalue weighted by atomic mass is 9.91. The van der Waals surface area contributed by atoms with Gasteiger partial charge in [-0.15, -0.1) is 0 Å².